The first-order valence-corrected chi connectivity index (χ1v) is 7.66. The molecule has 0 amide bonds. The Labute approximate surface area is 143 Å². The standard InChI is InChI=1S/C16H16N6O3/c1-10(2)13(19-15-12(22(23)24)4-3-7-18-15)16-20-14(21-25-16)11-5-8-17-9-6-11/h3-10,13H,1-2H3,(H,18,19). The summed E-state index contributed by atoms with van der Waals surface area (Å²) in [6.45, 7) is 3.89. The van der Waals surface area contributed by atoms with Gasteiger partial charge in [0.25, 0.3) is 0 Å². The summed E-state index contributed by atoms with van der Waals surface area (Å²) in [5.41, 5.74) is 0.665. The van der Waals surface area contributed by atoms with Crippen molar-refractivity contribution in [1.82, 2.24) is 20.1 Å². The number of nitro groups is 1. The smallest absolute Gasteiger partial charge is 0.311 e. The van der Waals surface area contributed by atoms with Crippen molar-refractivity contribution in [3.8, 4) is 11.4 Å². The molecule has 3 aromatic heterocycles. The normalized spacial score (nSPS) is 12.1. The Balaban J connectivity index is 1.91. The van der Waals surface area contributed by atoms with E-state index in [-0.39, 0.29) is 17.4 Å². The van der Waals surface area contributed by atoms with Crippen molar-refractivity contribution < 1.29 is 9.45 Å². The summed E-state index contributed by atoms with van der Waals surface area (Å²) < 4.78 is 5.37. The molecule has 0 fully saturated rings. The largest absolute Gasteiger partial charge is 0.352 e. The molecule has 0 saturated heterocycles. The summed E-state index contributed by atoms with van der Waals surface area (Å²) >= 11 is 0. The maximum atomic E-state index is 11.2. The molecule has 3 aromatic rings. The summed E-state index contributed by atoms with van der Waals surface area (Å²) in [6.07, 6.45) is 4.77. The van der Waals surface area contributed by atoms with Crippen molar-refractivity contribution in [3.63, 3.8) is 0 Å². The number of hydrogen-bond donors (Lipinski definition) is 1. The molecule has 1 atom stereocenters. The minimum Gasteiger partial charge on any atom is -0.352 e. The second-order valence-corrected chi connectivity index (χ2v) is 5.69. The van der Waals surface area contributed by atoms with Crippen molar-refractivity contribution >= 4 is 11.5 Å². The van der Waals surface area contributed by atoms with Crippen LogP contribution in [0.15, 0.2) is 47.4 Å². The van der Waals surface area contributed by atoms with E-state index in [4.69, 9.17) is 4.52 Å². The maximum Gasteiger partial charge on any atom is 0.311 e. The van der Waals surface area contributed by atoms with Crippen LogP contribution >= 0.6 is 0 Å². The molecule has 0 aliphatic heterocycles. The highest BCUT2D eigenvalue weighted by molar-refractivity contribution is 5.56. The van der Waals surface area contributed by atoms with Gasteiger partial charge in [0.15, 0.2) is 0 Å². The Morgan fingerprint density at radius 1 is 1.20 bits per heavy atom. The summed E-state index contributed by atoms with van der Waals surface area (Å²) in [5.74, 6) is 0.962. The predicted octanol–water partition coefficient (Wildman–Crippen LogP) is 3.24. The number of anilines is 1. The quantitative estimate of drug-likeness (QED) is 0.536. The average Bonchev–Trinajstić information content (AvgIpc) is 3.10. The number of pyridine rings is 2. The topological polar surface area (TPSA) is 120 Å². The van der Waals surface area contributed by atoms with Crippen LogP contribution in [0.5, 0.6) is 0 Å². The van der Waals surface area contributed by atoms with Gasteiger partial charge in [-0.1, -0.05) is 19.0 Å². The second kappa shape index (κ2) is 7.04. The van der Waals surface area contributed by atoms with E-state index in [1.807, 2.05) is 13.8 Å². The molecule has 0 bridgehead atoms. The van der Waals surface area contributed by atoms with Crippen molar-refractivity contribution in [3.05, 3.63) is 58.9 Å². The lowest BCUT2D eigenvalue weighted by atomic mass is 10.0. The number of nitrogens with zero attached hydrogens (tertiary/aromatic N) is 5. The zero-order valence-corrected chi connectivity index (χ0v) is 13.7. The fourth-order valence-electron chi connectivity index (χ4n) is 2.30. The van der Waals surface area contributed by atoms with Crippen LogP contribution in [-0.2, 0) is 0 Å². The Bertz CT molecular complexity index is 865. The van der Waals surface area contributed by atoms with E-state index < -0.39 is 11.0 Å². The van der Waals surface area contributed by atoms with Gasteiger partial charge in [-0.3, -0.25) is 15.1 Å². The molecule has 25 heavy (non-hydrogen) atoms. The number of aromatic nitrogens is 4. The van der Waals surface area contributed by atoms with E-state index in [0.717, 1.165) is 5.56 Å². The van der Waals surface area contributed by atoms with E-state index in [0.29, 0.717) is 11.7 Å². The van der Waals surface area contributed by atoms with Gasteiger partial charge in [-0.15, -0.1) is 0 Å². The van der Waals surface area contributed by atoms with Gasteiger partial charge in [0, 0.05) is 30.2 Å². The number of nitrogens with one attached hydrogen (secondary N) is 1. The molecule has 0 aromatic carbocycles. The molecule has 3 rings (SSSR count). The number of rotatable bonds is 6. The molecular formula is C16H16N6O3. The SMILES string of the molecule is CC(C)C(Nc1ncccc1[N+](=O)[O-])c1nc(-c2ccncc2)no1. The summed E-state index contributed by atoms with van der Waals surface area (Å²) in [6, 6.07) is 6.04. The van der Waals surface area contributed by atoms with Gasteiger partial charge in [0.05, 0.1) is 4.92 Å². The highest BCUT2D eigenvalue weighted by atomic mass is 16.6. The fourth-order valence-corrected chi connectivity index (χ4v) is 2.30. The first-order valence-electron chi connectivity index (χ1n) is 7.66. The van der Waals surface area contributed by atoms with E-state index in [1.54, 1.807) is 24.5 Å². The predicted molar refractivity (Wildman–Crippen MR) is 89.6 cm³/mol. The molecular weight excluding hydrogens is 324 g/mol. The van der Waals surface area contributed by atoms with Crippen LogP contribution in [0.1, 0.15) is 25.8 Å². The Morgan fingerprint density at radius 2 is 1.96 bits per heavy atom. The highest BCUT2D eigenvalue weighted by Crippen LogP contribution is 2.30. The van der Waals surface area contributed by atoms with Crippen molar-refractivity contribution in [2.24, 2.45) is 5.92 Å². The monoisotopic (exact) mass is 340 g/mol. The maximum absolute atomic E-state index is 11.2. The third-order valence-corrected chi connectivity index (χ3v) is 3.59. The molecule has 0 aliphatic carbocycles. The zero-order chi connectivity index (χ0) is 17.8. The molecule has 0 spiro atoms. The Morgan fingerprint density at radius 3 is 2.64 bits per heavy atom. The van der Waals surface area contributed by atoms with Gasteiger partial charge >= 0.3 is 5.69 Å². The molecule has 0 saturated carbocycles. The van der Waals surface area contributed by atoms with E-state index >= 15 is 0 Å². The summed E-state index contributed by atoms with van der Waals surface area (Å²) in [7, 11) is 0. The van der Waals surface area contributed by atoms with Crippen LogP contribution in [0.3, 0.4) is 0 Å². The van der Waals surface area contributed by atoms with Gasteiger partial charge in [-0.25, -0.2) is 4.98 Å². The fraction of sp³-hybridized carbons (Fsp3) is 0.250. The molecule has 1 N–H and O–H groups in total. The van der Waals surface area contributed by atoms with Gasteiger partial charge in [-0.05, 0) is 24.1 Å². The Kier molecular flexibility index (Phi) is 4.64. The van der Waals surface area contributed by atoms with E-state index in [1.165, 1.54) is 18.3 Å². The molecule has 1 unspecified atom stereocenters. The third-order valence-electron chi connectivity index (χ3n) is 3.59. The first-order chi connectivity index (χ1) is 12.1. The van der Waals surface area contributed by atoms with E-state index in [2.05, 4.69) is 25.4 Å². The molecule has 9 nitrogen and oxygen atoms in total. The number of hydrogen-bond acceptors (Lipinski definition) is 8. The second-order valence-electron chi connectivity index (χ2n) is 5.69. The zero-order valence-electron chi connectivity index (χ0n) is 13.7. The van der Waals surface area contributed by atoms with Crippen molar-refractivity contribution in [2.75, 3.05) is 5.32 Å². The lowest BCUT2D eigenvalue weighted by molar-refractivity contribution is -0.384. The first kappa shape index (κ1) is 16.5. The summed E-state index contributed by atoms with van der Waals surface area (Å²) in [5, 5.41) is 18.2. The third kappa shape index (κ3) is 3.60. The van der Waals surface area contributed by atoms with Gasteiger partial charge in [0.1, 0.15) is 6.04 Å². The van der Waals surface area contributed by atoms with Crippen LogP contribution in [0.25, 0.3) is 11.4 Å². The van der Waals surface area contributed by atoms with Gasteiger partial charge in [-0.2, -0.15) is 4.98 Å². The lowest BCUT2D eigenvalue weighted by Gasteiger charge is -2.18. The molecule has 128 valence electrons. The summed E-state index contributed by atoms with van der Waals surface area (Å²) in [4.78, 5) is 23.1. The minimum atomic E-state index is -0.483. The molecule has 3 heterocycles. The van der Waals surface area contributed by atoms with Gasteiger partial charge in [0.2, 0.25) is 17.5 Å². The van der Waals surface area contributed by atoms with Gasteiger partial charge < -0.3 is 9.84 Å². The Hall–Kier alpha value is -3.36. The lowest BCUT2D eigenvalue weighted by Crippen LogP contribution is -2.18. The van der Waals surface area contributed by atoms with Crippen LogP contribution in [0, 0.1) is 16.0 Å². The molecule has 9 heteroatoms. The minimum absolute atomic E-state index is 0.0346. The van der Waals surface area contributed by atoms with E-state index in [9.17, 15) is 10.1 Å². The highest BCUT2D eigenvalue weighted by Gasteiger charge is 2.26. The van der Waals surface area contributed by atoms with Crippen LogP contribution in [-0.4, -0.2) is 25.0 Å². The van der Waals surface area contributed by atoms with Crippen LogP contribution < -0.4 is 5.32 Å². The molecule has 0 radical (unpaired) electrons. The van der Waals surface area contributed by atoms with Crippen LogP contribution in [0.2, 0.25) is 0 Å². The van der Waals surface area contributed by atoms with Crippen molar-refractivity contribution in [1.29, 1.82) is 0 Å². The van der Waals surface area contributed by atoms with Crippen molar-refractivity contribution in [2.45, 2.75) is 19.9 Å². The average molecular weight is 340 g/mol. The molecule has 0 aliphatic rings. The van der Waals surface area contributed by atoms with Crippen LogP contribution in [0.4, 0.5) is 11.5 Å².